The normalized spacial score (nSPS) is 17.1. The molecule has 0 unspecified atom stereocenters. The Bertz CT molecular complexity index is 493. The Morgan fingerprint density at radius 1 is 1.18 bits per heavy atom. The fourth-order valence-electron chi connectivity index (χ4n) is 3.22. The van der Waals surface area contributed by atoms with E-state index >= 15 is 0 Å². The van der Waals surface area contributed by atoms with Crippen molar-refractivity contribution in [3.8, 4) is 5.75 Å². The first kappa shape index (κ1) is 17.1. The van der Waals surface area contributed by atoms with Gasteiger partial charge in [0.1, 0.15) is 5.75 Å². The van der Waals surface area contributed by atoms with Gasteiger partial charge in [-0.3, -0.25) is 4.99 Å². The zero-order chi connectivity index (χ0) is 16.0. The van der Waals surface area contributed by atoms with Crippen LogP contribution >= 0.6 is 0 Å². The number of aliphatic imine (C=N–C) groups is 1. The van der Waals surface area contributed by atoms with Gasteiger partial charge in [-0.2, -0.15) is 0 Å². The largest absolute Gasteiger partial charge is 0.493 e. The van der Waals surface area contributed by atoms with Crippen LogP contribution in [-0.2, 0) is 5.41 Å². The molecule has 0 aliphatic heterocycles. The molecule has 1 aromatic rings. The van der Waals surface area contributed by atoms with E-state index in [0.29, 0.717) is 6.61 Å². The molecule has 1 aliphatic rings. The van der Waals surface area contributed by atoms with Crippen LogP contribution in [-0.4, -0.2) is 19.4 Å². The summed E-state index contributed by atoms with van der Waals surface area (Å²) in [6, 6.07) is 6.40. The van der Waals surface area contributed by atoms with E-state index in [-0.39, 0.29) is 5.41 Å². The van der Waals surface area contributed by atoms with Crippen molar-refractivity contribution in [2.75, 3.05) is 13.2 Å². The molecule has 22 heavy (non-hydrogen) atoms. The topological polar surface area (TPSA) is 21.6 Å². The standard InChI is InChI=1S/C20H31NO/c1-5-22-19-17(12-9-13-18(19)20(2,3)4)15-21-14-16-10-7-6-8-11-16/h9,12-13,15-16H,5-8,10-11,14H2,1-4H3/b21-15+. The number of rotatable bonds is 5. The molecule has 0 N–H and O–H groups in total. The third-order valence-electron chi connectivity index (χ3n) is 4.46. The average molecular weight is 301 g/mol. The van der Waals surface area contributed by atoms with Crippen LogP contribution in [0.25, 0.3) is 0 Å². The molecule has 2 nitrogen and oxygen atoms in total. The summed E-state index contributed by atoms with van der Waals surface area (Å²) in [5.74, 6) is 1.79. The van der Waals surface area contributed by atoms with E-state index in [1.807, 2.05) is 13.1 Å². The molecular formula is C20H31NO. The van der Waals surface area contributed by atoms with E-state index in [2.05, 4.69) is 39.0 Å². The first-order valence-corrected chi connectivity index (χ1v) is 8.78. The molecule has 0 amide bonds. The maximum atomic E-state index is 5.95. The molecule has 1 aromatic carbocycles. The Labute approximate surface area is 136 Å². The Hall–Kier alpha value is -1.31. The van der Waals surface area contributed by atoms with E-state index in [1.165, 1.54) is 37.7 Å². The first-order chi connectivity index (χ1) is 10.5. The minimum absolute atomic E-state index is 0.0811. The molecule has 0 radical (unpaired) electrons. The Kier molecular flexibility index (Phi) is 6.05. The monoisotopic (exact) mass is 301 g/mol. The number of benzene rings is 1. The lowest BCUT2D eigenvalue weighted by Gasteiger charge is -2.24. The Balaban J connectivity index is 2.15. The summed E-state index contributed by atoms with van der Waals surface area (Å²) in [6.45, 7) is 10.4. The lowest BCUT2D eigenvalue weighted by molar-refractivity contribution is 0.329. The van der Waals surface area contributed by atoms with Gasteiger partial charge in [0.05, 0.1) is 6.61 Å². The third-order valence-corrected chi connectivity index (χ3v) is 4.46. The summed E-state index contributed by atoms with van der Waals surface area (Å²) in [6.07, 6.45) is 8.88. The maximum absolute atomic E-state index is 5.95. The second-order valence-corrected chi connectivity index (χ2v) is 7.41. The van der Waals surface area contributed by atoms with Crippen LogP contribution in [0.5, 0.6) is 5.75 Å². The second kappa shape index (κ2) is 7.80. The molecular weight excluding hydrogens is 270 g/mol. The molecule has 0 atom stereocenters. The number of nitrogens with zero attached hydrogens (tertiary/aromatic N) is 1. The van der Waals surface area contributed by atoms with E-state index < -0.39 is 0 Å². The van der Waals surface area contributed by atoms with Gasteiger partial charge in [-0.05, 0) is 37.2 Å². The predicted octanol–water partition coefficient (Wildman–Crippen LogP) is 5.38. The average Bonchev–Trinajstić information content (AvgIpc) is 2.49. The van der Waals surface area contributed by atoms with Gasteiger partial charge in [-0.25, -0.2) is 0 Å². The summed E-state index contributed by atoms with van der Waals surface area (Å²) in [4.78, 5) is 4.73. The van der Waals surface area contributed by atoms with Crippen LogP contribution in [0.15, 0.2) is 23.2 Å². The van der Waals surface area contributed by atoms with Gasteiger partial charge < -0.3 is 4.74 Å². The van der Waals surface area contributed by atoms with Crippen LogP contribution < -0.4 is 4.74 Å². The van der Waals surface area contributed by atoms with E-state index in [9.17, 15) is 0 Å². The van der Waals surface area contributed by atoms with Crippen LogP contribution in [0.1, 0.15) is 70.9 Å². The van der Waals surface area contributed by atoms with Crippen molar-refractivity contribution in [3.63, 3.8) is 0 Å². The Morgan fingerprint density at radius 3 is 2.55 bits per heavy atom. The van der Waals surface area contributed by atoms with Crippen LogP contribution in [0, 0.1) is 5.92 Å². The van der Waals surface area contributed by atoms with Crippen molar-refractivity contribution in [1.29, 1.82) is 0 Å². The molecule has 122 valence electrons. The van der Waals surface area contributed by atoms with E-state index in [4.69, 9.17) is 9.73 Å². The zero-order valence-corrected chi connectivity index (χ0v) is 14.7. The molecule has 0 bridgehead atoms. The molecule has 2 rings (SSSR count). The molecule has 1 fully saturated rings. The predicted molar refractivity (Wildman–Crippen MR) is 95.3 cm³/mol. The summed E-state index contributed by atoms with van der Waals surface area (Å²) < 4.78 is 5.95. The summed E-state index contributed by atoms with van der Waals surface area (Å²) in [5.41, 5.74) is 2.46. The molecule has 2 heteroatoms. The van der Waals surface area contributed by atoms with E-state index in [1.54, 1.807) is 0 Å². The quantitative estimate of drug-likeness (QED) is 0.669. The van der Waals surface area contributed by atoms with Crippen molar-refractivity contribution in [1.82, 2.24) is 0 Å². The molecule has 0 heterocycles. The fraction of sp³-hybridized carbons (Fsp3) is 0.650. The third kappa shape index (κ3) is 4.59. The highest BCUT2D eigenvalue weighted by Gasteiger charge is 2.20. The summed E-state index contributed by atoms with van der Waals surface area (Å²) in [7, 11) is 0. The maximum Gasteiger partial charge on any atom is 0.131 e. The second-order valence-electron chi connectivity index (χ2n) is 7.41. The number of ether oxygens (including phenoxy) is 1. The first-order valence-electron chi connectivity index (χ1n) is 8.78. The smallest absolute Gasteiger partial charge is 0.131 e. The number of hydrogen-bond acceptors (Lipinski definition) is 2. The molecule has 1 saturated carbocycles. The summed E-state index contributed by atoms with van der Waals surface area (Å²) >= 11 is 0. The van der Waals surface area contributed by atoms with Gasteiger partial charge >= 0.3 is 0 Å². The molecule has 0 spiro atoms. The van der Waals surface area contributed by atoms with Gasteiger partial charge in [0.15, 0.2) is 0 Å². The fourth-order valence-corrected chi connectivity index (χ4v) is 3.22. The summed E-state index contributed by atoms with van der Waals surface area (Å²) in [5, 5.41) is 0. The van der Waals surface area contributed by atoms with Crippen molar-refractivity contribution < 1.29 is 4.74 Å². The zero-order valence-electron chi connectivity index (χ0n) is 14.7. The van der Waals surface area contributed by atoms with E-state index in [0.717, 1.165) is 23.8 Å². The van der Waals surface area contributed by atoms with Crippen LogP contribution in [0.3, 0.4) is 0 Å². The van der Waals surface area contributed by atoms with Gasteiger partial charge in [0, 0.05) is 23.9 Å². The highest BCUT2D eigenvalue weighted by molar-refractivity contribution is 5.84. The van der Waals surface area contributed by atoms with Crippen LogP contribution in [0.4, 0.5) is 0 Å². The molecule has 0 aromatic heterocycles. The SMILES string of the molecule is CCOc1c(/C=N/CC2CCCCC2)cccc1C(C)(C)C. The van der Waals surface area contributed by atoms with Crippen molar-refractivity contribution in [3.05, 3.63) is 29.3 Å². The number of hydrogen-bond donors (Lipinski definition) is 0. The van der Waals surface area contributed by atoms with Gasteiger partial charge in [0.25, 0.3) is 0 Å². The minimum Gasteiger partial charge on any atom is -0.493 e. The van der Waals surface area contributed by atoms with Crippen molar-refractivity contribution >= 4 is 6.21 Å². The van der Waals surface area contributed by atoms with Gasteiger partial charge in [-0.15, -0.1) is 0 Å². The highest BCUT2D eigenvalue weighted by Crippen LogP contribution is 2.33. The van der Waals surface area contributed by atoms with Crippen LogP contribution in [0.2, 0.25) is 0 Å². The molecule has 1 aliphatic carbocycles. The van der Waals surface area contributed by atoms with Gasteiger partial charge in [0.2, 0.25) is 0 Å². The lowest BCUT2D eigenvalue weighted by Crippen LogP contribution is -2.15. The van der Waals surface area contributed by atoms with Gasteiger partial charge in [-0.1, -0.05) is 52.2 Å². The molecule has 0 saturated heterocycles. The number of para-hydroxylation sites is 1. The Morgan fingerprint density at radius 2 is 1.91 bits per heavy atom. The lowest BCUT2D eigenvalue weighted by atomic mass is 9.85. The van der Waals surface area contributed by atoms with Crippen molar-refractivity contribution in [2.24, 2.45) is 10.9 Å². The van der Waals surface area contributed by atoms with Crippen molar-refractivity contribution in [2.45, 2.75) is 65.2 Å². The highest BCUT2D eigenvalue weighted by atomic mass is 16.5. The minimum atomic E-state index is 0.0811.